The number of rotatable bonds is 5. The second kappa shape index (κ2) is 6.43. The highest BCUT2D eigenvalue weighted by atomic mass is 16.1. The lowest BCUT2D eigenvalue weighted by Gasteiger charge is -2.11. The van der Waals surface area contributed by atoms with Crippen molar-refractivity contribution in [2.75, 3.05) is 5.32 Å². The second-order valence-electron chi connectivity index (χ2n) is 5.93. The Morgan fingerprint density at radius 3 is 2.75 bits per heavy atom. The topological polar surface area (TPSA) is 77.6 Å². The summed E-state index contributed by atoms with van der Waals surface area (Å²) in [5, 5.41) is 12.3. The molecule has 0 fully saturated rings. The van der Waals surface area contributed by atoms with Gasteiger partial charge in [0.05, 0.1) is 35.1 Å². The zero-order valence-corrected chi connectivity index (χ0v) is 14.4. The summed E-state index contributed by atoms with van der Waals surface area (Å²) < 4.78 is 3.65. The molecule has 1 unspecified atom stereocenters. The monoisotopic (exact) mass is 326 g/mol. The first-order valence-corrected chi connectivity index (χ1v) is 8.22. The molecule has 3 rings (SSSR count). The van der Waals surface area contributed by atoms with E-state index in [4.69, 9.17) is 0 Å². The molecule has 0 radical (unpaired) electrons. The van der Waals surface area contributed by atoms with Crippen LogP contribution in [0, 0.1) is 6.92 Å². The molecule has 3 aromatic heterocycles. The Bertz CT molecular complexity index is 878. The average molecular weight is 326 g/mol. The summed E-state index contributed by atoms with van der Waals surface area (Å²) in [7, 11) is 0. The molecule has 7 heteroatoms. The third kappa shape index (κ3) is 2.89. The van der Waals surface area contributed by atoms with E-state index < -0.39 is 0 Å². The fourth-order valence-electron chi connectivity index (χ4n) is 2.63. The molecule has 0 spiro atoms. The van der Waals surface area contributed by atoms with Crippen molar-refractivity contribution in [3.63, 3.8) is 0 Å². The van der Waals surface area contributed by atoms with E-state index >= 15 is 0 Å². The molecule has 24 heavy (non-hydrogen) atoms. The smallest absolute Gasteiger partial charge is 0.256 e. The number of hydrogen-bond donors (Lipinski definition) is 1. The van der Waals surface area contributed by atoms with Gasteiger partial charge in [0, 0.05) is 18.4 Å². The number of amides is 1. The Labute approximate surface area is 140 Å². The Morgan fingerprint density at radius 1 is 1.29 bits per heavy atom. The van der Waals surface area contributed by atoms with Gasteiger partial charge in [-0.1, -0.05) is 6.92 Å². The summed E-state index contributed by atoms with van der Waals surface area (Å²) in [5.41, 5.74) is 2.80. The first-order valence-electron chi connectivity index (χ1n) is 8.22. The van der Waals surface area contributed by atoms with Crippen LogP contribution < -0.4 is 5.32 Å². The molecule has 3 aromatic rings. The SMILES string of the molecule is CCC(C)n1ncc2c(C(=O)Nc3cnn(CC)c3)cc(C)nc21. The summed E-state index contributed by atoms with van der Waals surface area (Å²) in [6.07, 6.45) is 6.13. The van der Waals surface area contributed by atoms with E-state index in [9.17, 15) is 4.79 Å². The van der Waals surface area contributed by atoms with Gasteiger partial charge in [-0.25, -0.2) is 9.67 Å². The highest BCUT2D eigenvalue weighted by Gasteiger charge is 2.18. The quantitative estimate of drug-likeness (QED) is 0.781. The molecule has 1 atom stereocenters. The minimum Gasteiger partial charge on any atom is -0.319 e. The normalized spacial score (nSPS) is 12.5. The molecule has 0 aromatic carbocycles. The lowest BCUT2D eigenvalue weighted by molar-refractivity contribution is 0.102. The fraction of sp³-hybridized carbons (Fsp3) is 0.412. The first kappa shape index (κ1) is 16.2. The van der Waals surface area contributed by atoms with Gasteiger partial charge in [0.25, 0.3) is 5.91 Å². The highest BCUT2D eigenvalue weighted by molar-refractivity contribution is 6.11. The molecule has 0 saturated heterocycles. The number of pyridine rings is 1. The predicted molar refractivity (Wildman–Crippen MR) is 93.1 cm³/mol. The maximum absolute atomic E-state index is 12.7. The number of aromatic nitrogens is 5. The van der Waals surface area contributed by atoms with Crippen LogP contribution in [-0.4, -0.2) is 30.5 Å². The lowest BCUT2D eigenvalue weighted by atomic mass is 10.1. The molecule has 1 N–H and O–H groups in total. The minimum atomic E-state index is -0.176. The van der Waals surface area contributed by atoms with Gasteiger partial charge in [0.2, 0.25) is 0 Å². The molecule has 3 heterocycles. The van der Waals surface area contributed by atoms with Crippen molar-refractivity contribution in [1.82, 2.24) is 24.5 Å². The Kier molecular flexibility index (Phi) is 4.33. The van der Waals surface area contributed by atoms with Gasteiger partial charge >= 0.3 is 0 Å². The number of carbonyl (C=O) groups is 1. The molecule has 126 valence electrons. The number of anilines is 1. The molecule has 0 aliphatic heterocycles. The number of nitrogens with zero attached hydrogens (tertiary/aromatic N) is 5. The number of aryl methyl sites for hydroxylation is 2. The summed E-state index contributed by atoms with van der Waals surface area (Å²) in [6.45, 7) is 8.84. The van der Waals surface area contributed by atoms with Gasteiger partial charge in [0.15, 0.2) is 5.65 Å². The van der Waals surface area contributed by atoms with Crippen LogP contribution in [0.5, 0.6) is 0 Å². The minimum absolute atomic E-state index is 0.176. The molecule has 7 nitrogen and oxygen atoms in total. The Balaban J connectivity index is 1.99. The molecule has 0 saturated carbocycles. The van der Waals surface area contributed by atoms with Gasteiger partial charge in [-0.3, -0.25) is 9.48 Å². The number of nitrogens with one attached hydrogen (secondary N) is 1. The maximum Gasteiger partial charge on any atom is 0.256 e. The lowest BCUT2D eigenvalue weighted by Crippen LogP contribution is -2.13. The van der Waals surface area contributed by atoms with Crippen molar-refractivity contribution >= 4 is 22.6 Å². The van der Waals surface area contributed by atoms with Gasteiger partial charge in [-0.2, -0.15) is 10.2 Å². The number of carbonyl (C=O) groups excluding carboxylic acids is 1. The van der Waals surface area contributed by atoms with Crippen LogP contribution in [0.2, 0.25) is 0 Å². The summed E-state index contributed by atoms with van der Waals surface area (Å²) in [4.78, 5) is 17.3. The third-order valence-electron chi connectivity index (χ3n) is 4.16. The standard InChI is InChI=1S/C17H22N6O/c1-5-12(4)23-16-15(9-19-23)14(7-11(3)20-16)17(24)21-13-8-18-22(6-2)10-13/h7-10,12H,5-6H2,1-4H3,(H,21,24). The Hall–Kier alpha value is -2.70. The van der Waals surface area contributed by atoms with E-state index in [0.29, 0.717) is 11.3 Å². The third-order valence-corrected chi connectivity index (χ3v) is 4.16. The molecular weight excluding hydrogens is 304 g/mol. The van der Waals surface area contributed by atoms with Crippen molar-refractivity contribution < 1.29 is 4.79 Å². The number of fused-ring (bicyclic) bond motifs is 1. The summed E-state index contributed by atoms with van der Waals surface area (Å²) >= 11 is 0. The molecular formula is C17H22N6O. The molecule has 0 aliphatic rings. The molecule has 0 bridgehead atoms. The van der Waals surface area contributed by atoms with Crippen molar-refractivity contribution in [3.05, 3.63) is 35.9 Å². The molecule has 1 amide bonds. The van der Waals surface area contributed by atoms with Crippen molar-refractivity contribution in [2.45, 2.75) is 46.7 Å². The average Bonchev–Trinajstić information content (AvgIpc) is 3.19. The van der Waals surface area contributed by atoms with Gasteiger partial charge < -0.3 is 5.32 Å². The Morgan fingerprint density at radius 2 is 2.08 bits per heavy atom. The highest BCUT2D eigenvalue weighted by Crippen LogP contribution is 2.23. The largest absolute Gasteiger partial charge is 0.319 e. The first-order chi connectivity index (χ1) is 11.5. The van der Waals surface area contributed by atoms with Crippen LogP contribution in [0.25, 0.3) is 11.0 Å². The zero-order valence-electron chi connectivity index (χ0n) is 14.4. The van der Waals surface area contributed by atoms with Gasteiger partial charge in [-0.05, 0) is 33.3 Å². The van der Waals surface area contributed by atoms with E-state index in [2.05, 4.69) is 34.3 Å². The fourth-order valence-corrected chi connectivity index (χ4v) is 2.63. The van der Waals surface area contributed by atoms with Crippen LogP contribution in [-0.2, 0) is 6.54 Å². The number of hydrogen-bond acceptors (Lipinski definition) is 4. The predicted octanol–water partition coefficient (Wildman–Crippen LogP) is 3.18. The van der Waals surface area contributed by atoms with Crippen molar-refractivity contribution in [3.8, 4) is 0 Å². The van der Waals surface area contributed by atoms with Gasteiger partial charge in [0.1, 0.15) is 0 Å². The van der Waals surface area contributed by atoms with E-state index in [1.165, 1.54) is 0 Å². The van der Waals surface area contributed by atoms with Crippen molar-refractivity contribution in [1.29, 1.82) is 0 Å². The van der Waals surface area contributed by atoms with Crippen LogP contribution in [0.15, 0.2) is 24.7 Å². The zero-order chi connectivity index (χ0) is 17.3. The summed E-state index contributed by atoms with van der Waals surface area (Å²) in [6, 6.07) is 2.03. The van der Waals surface area contributed by atoms with Crippen LogP contribution >= 0.6 is 0 Å². The van der Waals surface area contributed by atoms with Crippen LogP contribution in [0.3, 0.4) is 0 Å². The van der Waals surface area contributed by atoms with Crippen molar-refractivity contribution in [2.24, 2.45) is 0 Å². The molecule has 0 aliphatic carbocycles. The van der Waals surface area contributed by atoms with Crippen LogP contribution in [0.1, 0.15) is 49.3 Å². The van der Waals surface area contributed by atoms with Crippen LogP contribution in [0.4, 0.5) is 5.69 Å². The van der Waals surface area contributed by atoms with E-state index in [1.807, 2.05) is 24.7 Å². The second-order valence-corrected chi connectivity index (χ2v) is 5.93. The van der Waals surface area contributed by atoms with E-state index in [0.717, 1.165) is 29.7 Å². The summed E-state index contributed by atoms with van der Waals surface area (Å²) in [5.74, 6) is -0.176. The van der Waals surface area contributed by atoms with E-state index in [-0.39, 0.29) is 11.9 Å². The van der Waals surface area contributed by atoms with E-state index in [1.54, 1.807) is 23.1 Å². The maximum atomic E-state index is 12.7. The van der Waals surface area contributed by atoms with Gasteiger partial charge in [-0.15, -0.1) is 0 Å².